The normalized spacial score (nSPS) is 15.6. The number of benzene rings is 2. The number of amides is 2. The number of unbranched alkanes of at least 4 members (excludes halogenated alkanes) is 3. The number of nitrogens with two attached hydrogens (primary N) is 1. The lowest BCUT2D eigenvalue weighted by atomic mass is 9.83. The molecule has 1 atom stereocenters. The molecular weight excluding hydrogens is 490 g/mol. The van der Waals surface area contributed by atoms with Crippen LogP contribution in [-0.4, -0.2) is 42.4 Å². The van der Waals surface area contributed by atoms with Crippen molar-refractivity contribution in [1.29, 1.82) is 0 Å². The number of carbonyl (C=O) groups excluding carboxylic acids is 3. The van der Waals surface area contributed by atoms with Crippen molar-refractivity contribution < 1.29 is 19.1 Å². The first-order valence-electron chi connectivity index (χ1n) is 12.9. The summed E-state index contributed by atoms with van der Waals surface area (Å²) in [5.74, 6) is -1.22. The summed E-state index contributed by atoms with van der Waals surface area (Å²) in [6.45, 7) is 5.27. The average molecular weight is 526 g/mol. The van der Waals surface area contributed by atoms with Crippen molar-refractivity contribution in [2.45, 2.75) is 58.4 Å². The molecule has 1 heterocycles. The molecule has 7 nitrogen and oxygen atoms in total. The maximum atomic E-state index is 13.3. The second-order valence-corrected chi connectivity index (χ2v) is 9.54. The summed E-state index contributed by atoms with van der Waals surface area (Å²) in [6, 6.07) is 14.5. The van der Waals surface area contributed by atoms with Crippen LogP contribution in [0.15, 0.2) is 59.8 Å². The number of allylic oxidation sites excluding steroid dienone is 1. The van der Waals surface area contributed by atoms with Crippen LogP contribution in [0.2, 0.25) is 5.02 Å². The van der Waals surface area contributed by atoms with E-state index in [4.69, 9.17) is 22.1 Å². The average Bonchev–Trinajstić information content (AvgIpc) is 2.88. The SMILES string of the molecule is CCOC(=O)C1=C(C)N(Cc2cccc(C(=O)NCCCCCCN)c2)C(=O)CC1c1ccccc1Cl. The topological polar surface area (TPSA) is 102 Å². The number of rotatable bonds is 12. The predicted molar refractivity (Wildman–Crippen MR) is 145 cm³/mol. The first-order valence-corrected chi connectivity index (χ1v) is 13.2. The number of hydrogen-bond acceptors (Lipinski definition) is 5. The third-order valence-electron chi connectivity index (χ3n) is 6.55. The molecule has 0 radical (unpaired) electrons. The molecule has 1 aliphatic rings. The van der Waals surface area contributed by atoms with Crippen LogP contribution in [0.25, 0.3) is 0 Å². The van der Waals surface area contributed by atoms with Gasteiger partial charge >= 0.3 is 5.97 Å². The van der Waals surface area contributed by atoms with Gasteiger partial charge in [0.1, 0.15) is 0 Å². The summed E-state index contributed by atoms with van der Waals surface area (Å²) >= 11 is 6.44. The molecule has 2 aromatic carbocycles. The molecule has 0 aromatic heterocycles. The van der Waals surface area contributed by atoms with Gasteiger partial charge in [-0.05, 0) is 62.6 Å². The third-order valence-corrected chi connectivity index (χ3v) is 6.89. The third kappa shape index (κ3) is 7.43. The molecule has 37 heavy (non-hydrogen) atoms. The van der Waals surface area contributed by atoms with Gasteiger partial charge in [-0.2, -0.15) is 0 Å². The van der Waals surface area contributed by atoms with Crippen molar-refractivity contribution in [1.82, 2.24) is 10.2 Å². The number of halogens is 1. The van der Waals surface area contributed by atoms with Gasteiger partial charge in [-0.15, -0.1) is 0 Å². The zero-order valence-electron chi connectivity index (χ0n) is 21.6. The van der Waals surface area contributed by atoms with E-state index in [1.54, 1.807) is 43.0 Å². The molecule has 0 saturated heterocycles. The van der Waals surface area contributed by atoms with Gasteiger partial charge in [-0.3, -0.25) is 9.59 Å². The van der Waals surface area contributed by atoms with Crippen molar-refractivity contribution in [2.75, 3.05) is 19.7 Å². The van der Waals surface area contributed by atoms with E-state index in [1.807, 2.05) is 24.3 Å². The second kappa shape index (κ2) is 14.0. The molecule has 0 aliphatic carbocycles. The van der Waals surface area contributed by atoms with E-state index < -0.39 is 11.9 Å². The fraction of sp³-hybridized carbons (Fsp3) is 0.414. The first-order chi connectivity index (χ1) is 17.9. The Balaban J connectivity index is 1.80. The quantitative estimate of drug-likeness (QED) is 0.302. The molecule has 2 aromatic rings. The highest BCUT2D eigenvalue weighted by atomic mass is 35.5. The standard InChI is InChI=1S/C29H36ClN3O4/c1-3-37-29(36)27-20(2)33(26(34)18-24(27)23-13-6-7-14-25(23)30)19-21-11-10-12-22(17-21)28(35)32-16-9-5-4-8-15-31/h6-7,10-14,17,24H,3-5,8-9,15-16,18-19,31H2,1-2H3,(H,32,35). The number of hydrogen-bond donors (Lipinski definition) is 2. The van der Waals surface area contributed by atoms with Gasteiger partial charge in [-0.1, -0.05) is 54.8 Å². The Kier molecular flexibility index (Phi) is 10.7. The van der Waals surface area contributed by atoms with Gasteiger partial charge in [0.25, 0.3) is 5.91 Å². The molecule has 1 unspecified atom stereocenters. The van der Waals surface area contributed by atoms with E-state index in [-0.39, 0.29) is 31.4 Å². The molecule has 8 heteroatoms. The second-order valence-electron chi connectivity index (χ2n) is 9.14. The van der Waals surface area contributed by atoms with Crippen LogP contribution in [0.5, 0.6) is 0 Å². The van der Waals surface area contributed by atoms with Crippen molar-refractivity contribution in [3.63, 3.8) is 0 Å². The monoisotopic (exact) mass is 525 g/mol. The van der Waals surface area contributed by atoms with Crippen LogP contribution in [0.3, 0.4) is 0 Å². The van der Waals surface area contributed by atoms with E-state index in [1.165, 1.54) is 0 Å². The van der Waals surface area contributed by atoms with Crippen LogP contribution in [-0.2, 0) is 20.9 Å². The lowest BCUT2D eigenvalue weighted by molar-refractivity contribution is -0.140. The van der Waals surface area contributed by atoms with Crippen molar-refractivity contribution in [3.8, 4) is 0 Å². The maximum Gasteiger partial charge on any atom is 0.336 e. The smallest absolute Gasteiger partial charge is 0.336 e. The molecular formula is C29H36ClN3O4. The van der Waals surface area contributed by atoms with Crippen molar-refractivity contribution in [2.24, 2.45) is 5.73 Å². The van der Waals surface area contributed by atoms with E-state index in [0.717, 1.165) is 36.8 Å². The Hall–Kier alpha value is -3.16. The molecule has 1 aliphatic heterocycles. The van der Waals surface area contributed by atoms with Gasteiger partial charge < -0.3 is 20.7 Å². The Bertz CT molecular complexity index is 1150. The lowest BCUT2D eigenvalue weighted by Gasteiger charge is -2.34. The van der Waals surface area contributed by atoms with Gasteiger partial charge in [0, 0.05) is 35.2 Å². The minimum Gasteiger partial charge on any atom is -0.463 e. The minimum absolute atomic E-state index is 0.0968. The number of nitrogens with zero attached hydrogens (tertiary/aromatic N) is 1. The molecule has 0 saturated carbocycles. The Morgan fingerprint density at radius 2 is 1.86 bits per heavy atom. The Morgan fingerprint density at radius 1 is 1.11 bits per heavy atom. The minimum atomic E-state index is -0.488. The fourth-order valence-corrected chi connectivity index (χ4v) is 4.89. The van der Waals surface area contributed by atoms with Gasteiger partial charge in [0.15, 0.2) is 0 Å². The van der Waals surface area contributed by atoms with E-state index >= 15 is 0 Å². The summed E-state index contributed by atoms with van der Waals surface area (Å²) in [4.78, 5) is 40.6. The van der Waals surface area contributed by atoms with Crippen LogP contribution in [0.1, 0.15) is 73.4 Å². The van der Waals surface area contributed by atoms with E-state index in [2.05, 4.69) is 5.32 Å². The molecule has 3 N–H and O–H groups in total. The summed E-state index contributed by atoms with van der Waals surface area (Å²) in [5.41, 5.74) is 8.53. The van der Waals surface area contributed by atoms with Crippen LogP contribution in [0, 0.1) is 0 Å². The van der Waals surface area contributed by atoms with Crippen LogP contribution in [0.4, 0.5) is 0 Å². The summed E-state index contributed by atoms with van der Waals surface area (Å²) in [5, 5.41) is 3.46. The molecule has 0 bridgehead atoms. The largest absolute Gasteiger partial charge is 0.463 e. The molecule has 198 valence electrons. The lowest BCUT2D eigenvalue weighted by Crippen LogP contribution is -2.38. The number of esters is 1. The number of ether oxygens (including phenoxy) is 1. The summed E-state index contributed by atoms with van der Waals surface area (Å²) < 4.78 is 5.36. The predicted octanol–water partition coefficient (Wildman–Crippen LogP) is 4.94. The van der Waals surface area contributed by atoms with Crippen molar-refractivity contribution >= 4 is 29.4 Å². The van der Waals surface area contributed by atoms with Gasteiger partial charge in [-0.25, -0.2) is 4.79 Å². The summed E-state index contributed by atoms with van der Waals surface area (Å²) in [7, 11) is 0. The van der Waals surface area contributed by atoms with Crippen LogP contribution >= 0.6 is 11.6 Å². The van der Waals surface area contributed by atoms with Crippen molar-refractivity contribution in [3.05, 3.63) is 81.5 Å². The zero-order valence-corrected chi connectivity index (χ0v) is 22.4. The first kappa shape index (κ1) is 28.4. The Morgan fingerprint density at radius 3 is 2.59 bits per heavy atom. The molecule has 3 rings (SSSR count). The van der Waals surface area contributed by atoms with Gasteiger partial charge in [0.05, 0.1) is 18.7 Å². The molecule has 0 fully saturated rings. The number of carbonyl (C=O) groups is 3. The van der Waals surface area contributed by atoms with E-state index in [9.17, 15) is 14.4 Å². The highest BCUT2D eigenvalue weighted by Crippen LogP contribution is 2.40. The fourth-order valence-electron chi connectivity index (χ4n) is 4.62. The number of nitrogens with one attached hydrogen (secondary N) is 1. The maximum absolute atomic E-state index is 13.3. The van der Waals surface area contributed by atoms with Gasteiger partial charge in [0.2, 0.25) is 5.91 Å². The Labute approximate surface area is 224 Å². The highest BCUT2D eigenvalue weighted by molar-refractivity contribution is 6.31. The highest BCUT2D eigenvalue weighted by Gasteiger charge is 2.37. The zero-order chi connectivity index (χ0) is 26.8. The summed E-state index contributed by atoms with van der Waals surface area (Å²) in [6.07, 6.45) is 4.08. The van der Waals surface area contributed by atoms with E-state index in [0.29, 0.717) is 34.9 Å². The molecule has 2 amide bonds. The molecule has 0 spiro atoms. The van der Waals surface area contributed by atoms with Crippen LogP contribution < -0.4 is 11.1 Å².